The number of hydrogen-bond acceptors (Lipinski definition) is 3. The molecular formula is C17H20F3NO2. The first-order valence-electron chi connectivity index (χ1n) is 7.91. The molecule has 0 saturated carbocycles. The van der Waals surface area contributed by atoms with Gasteiger partial charge in [-0.1, -0.05) is 12.1 Å². The Labute approximate surface area is 133 Å². The van der Waals surface area contributed by atoms with E-state index in [4.69, 9.17) is 0 Å². The molecule has 2 atom stereocenters. The minimum absolute atomic E-state index is 0.0785. The highest BCUT2D eigenvalue weighted by atomic mass is 19.4. The second-order valence-corrected chi connectivity index (χ2v) is 6.55. The maximum Gasteiger partial charge on any atom is 0.573 e. The molecule has 126 valence electrons. The Bertz CT molecular complexity index is 556. The molecule has 2 saturated heterocycles. The van der Waals surface area contributed by atoms with Crippen molar-refractivity contribution in [3.8, 4) is 5.75 Å². The summed E-state index contributed by atoms with van der Waals surface area (Å²) in [5, 5.41) is 0. The lowest BCUT2D eigenvalue weighted by molar-refractivity contribution is -0.274. The Morgan fingerprint density at radius 1 is 1.17 bits per heavy atom. The highest BCUT2D eigenvalue weighted by Gasteiger charge is 2.40. The summed E-state index contributed by atoms with van der Waals surface area (Å²) in [6.45, 7) is 0. The largest absolute Gasteiger partial charge is 0.573 e. The van der Waals surface area contributed by atoms with Gasteiger partial charge in [-0.25, -0.2) is 0 Å². The monoisotopic (exact) mass is 327 g/mol. The van der Waals surface area contributed by atoms with Crippen molar-refractivity contribution in [1.29, 1.82) is 0 Å². The summed E-state index contributed by atoms with van der Waals surface area (Å²) in [7, 11) is 2.13. The summed E-state index contributed by atoms with van der Waals surface area (Å²) >= 11 is 0. The third-order valence-electron chi connectivity index (χ3n) is 5.09. The Hall–Kier alpha value is -1.56. The van der Waals surface area contributed by atoms with Crippen molar-refractivity contribution in [2.24, 2.45) is 5.92 Å². The van der Waals surface area contributed by atoms with E-state index in [9.17, 15) is 18.0 Å². The van der Waals surface area contributed by atoms with Crippen molar-refractivity contribution < 1.29 is 22.7 Å². The van der Waals surface area contributed by atoms with Gasteiger partial charge in [0.05, 0.1) is 0 Å². The predicted octanol–water partition coefficient (Wildman–Crippen LogP) is 3.57. The lowest BCUT2D eigenvalue weighted by Crippen LogP contribution is -2.42. The average Bonchev–Trinajstić information content (AvgIpc) is 2.70. The van der Waals surface area contributed by atoms with Crippen LogP contribution in [-0.4, -0.2) is 36.2 Å². The van der Waals surface area contributed by atoms with E-state index < -0.39 is 6.36 Å². The van der Waals surface area contributed by atoms with Crippen molar-refractivity contribution in [2.75, 3.05) is 7.05 Å². The van der Waals surface area contributed by atoms with Crippen molar-refractivity contribution in [2.45, 2.75) is 50.6 Å². The molecule has 23 heavy (non-hydrogen) atoms. The van der Waals surface area contributed by atoms with Gasteiger partial charge in [0.2, 0.25) is 0 Å². The van der Waals surface area contributed by atoms with E-state index in [1.165, 1.54) is 24.3 Å². The molecule has 0 spiro atoms. The van der Waals surface area contributed by atoms with E-state index in [-0.39, 0.29) is 23.9 Å². The number of rotatable bonds is 4. The van der Waals surface area contributed by atoms with Crippen LogP contribution in [0.5, 0.6) is 5.75 Å². The maximum absolute atomic E-state index is 12.5. The van der Waals surface area contributed by atoms with Gasteiger partial charge in [0.15, 0.2) is 0 Å². The second-order valence-electron chi connectivity index (χ2n) is 6.55. The molecule has 0 radical (unpaired) electrons. The molecule has 2 fully saturated rings. The van der Waals surface area contributed by atoms with E-state index in [1.807, 2.05) is 0 Å². The van der Waals surface area contributed by atoms with E-state index in [0.717, 1.165) is 31.2 Å². The van der Waals surface area contributed by atoms with E-state index in [1.54, 1.807) is 0 Å². The number of alkyl halides is 3. The first kappa shape index (κ1) is 16.3. The Morgan fingerprint density at radius 3 is 2.26 bits per heavy atom. The fourth-order valence-corrected chi connectivity index (χ4v) is 3.83. The number of benzene rings is 1. The molecule has 2 bridgehead atoms. The van der Waals surface area contributed by atoms with Gasteiger partial charge in [0.1, 0.15) is 11.5 Å². The highest BCUT2D eigenvalue weighted by Crippen LogP contribution is 2.38. The molecule has 2 aliphatic heterocycles. The number of carbonyl (C=O) groups excluding carboxylic acids is 1. The summed E-state index contributed by atoms with van der Waals surface area (Å²) in [5.74, 6) is 0.0142. The fraction of sp³-hybridized carbons (Fsp3) is 0.588. The summed E-state index contributed by atoms with van der Waals surface area (Å²) < 4.78 is 40.2. The van der Waals surface area contributed by atoms with Crippen LogP contribution < -0.4 is 4.74 Å². The summed E-state index contributed by atoms with van der Waals surface area (Å²) in [4.78, 5) is 14.9. The smallest absolute Gasteiger partial charge is 0.406 e. The number of nitrogens with zero attached hydrogens (tertiary/aromatic N) is 1. The number of ether oxygens (including phenoxy) is 1. The molecular weight excluding hydrogens is 307 g/mol. The molecule has 1 aromatic rings. The molecule has 2 aliphatic rings. The zero-order valence-electron chi connectivity index (χ0n) is 13.0. The van der Waals surface area contributed by atoms with Gasteiger partial charge < -0.3 is 9.64 Å². The predicted molar refractivity (Wildman–Crippen MR) is 79.1 cm³/mol. The minimum Gasteiger partial charge on any atom is -0.406 e. The maximum atomic E-state index is 12.5. The minimum atomic E-state index is -4.69. The van der Waals surface area contributed by atoms with Crippen molar-refractivity contribution in [3.63, 3.8) is 0 Å². The normalized spacial score (nSPS) is 27.9. The first-order valence-corrected chi connectivity index (χ1v) is 7.91. The highest BCUT2D eigenvalue weighted by molar-refractivity contribution is 5.83. The molecule has 0 aromatic heterocycles. The van der Waals surface area contributed by atoms with Crippen molar-refractivity contribution in [3.05, 3.63) is 29.8 Å². The number of Topliss-reactive ketones (excluding diaryl/α,β-unsaturated/α-hetero) is 1. The van der Waals surface area contributed by atoms with Gasteiger partial charge >= 0.3 is 6.36 Å². The van der Waals surface area contributed by atoms with Crippen LogP contribution in [0.4, 0.5) is 13.2 Å². The summed E-state index contributed by atoms with van der Waals surface area (Å²) in [5.41, 5.74) is 0.732. The van der Waals surface area contributed by atoms with Crippen LogP contribution in [0.2, 0.25) is 0 Å². The van der Waals surface area contributed by atoms with E-state index in [0.29, 0.717) is 12.1 Å². The topological polar surface area (TPSA) is 29.5 Å². The Kier molecular flexibility index (Phi) is 4.36. The van der Waals surface area contributed by atoms with Crippen LogP contribution >= 0.6 is 0 Å². The lowest BCUT2D eigenvalue weighted by Gasteiger charge is -2.35. The van der Waals surface area contributed by atoms with Gasteiger partial charge in [-0.15, -0.1) is 13.2 Å². The molecule has 3 rings (SSSR count). The summed E-state index contributed by atoms with van der Waals surface area (Å²) in [6, 6.07) is 6.59. The third-order valence-corrected chi connectivity index (χ3v) is 5.09. The van der Waals surface area contributed by atoms with Gasteiger partial charge in [-0.3, -0.25) is 4.79 Å². The Morgan fingerprint density at radius 2 is 1.74 bits per heavy atom. The first-order chi connectivity index (χ1) is 10.8. The number of carbonyl (C=O) groups is 1. The van der Waals surface area contributed by atoms with Crippen LogP contribution in [0.25, 0.3) is 0 Å². The molecule has 0 N–H and O–H groups in total. The number of halogens is 3. The van der Waals surface area contributed by atoms with Gasteiger partial charge in [0, 0.05) is 24.4 Å². The molecule has 2 heterocycles. The Balaban J connectivity index is 1.58. The van der Waals surface area contributed by atoms with Crippen LogP contribution in [0.15, 0.2) is 24.3 Å². The van der Waals surface area contributed by atoms with Gasteiger partial charge in [-0.05, 0) is 50.4 Å². The molecule has 0 amide bonds. The van der Waals surface area contributed by atoms with Crippen LogP contribution in [-0.2, 0) is 11.2 Å². The van der Waals surface area contributed by atoms with Crippen molar-refractivity contribution >= 4 is 5.78 Å². The lowest BCUT2D eigenvalue weighted by atomic mass is 9.85. The van der Waals surface area contributed by atoms with Crippen LogP contribution in [0, 0.1) is 5.92 Å². The molecule has 3 nitrogen and oxygen atoms in total. The van der Waals surface area contributed by atoms with Gasteiger partial charge in [0.25, 0.3) is 0 Å². The zero-order valence-corrected chi connectivity index (χ0v) is 13.0. The van der Waals surface area contributed by atoms with Crippen LogP contribution in [0.1, 0.15) is 31.2 Å². The number of ketones is 1. The number of hydrogen-bond donors (Lipinski definition) is 0. The second kappa shape index (κ2) is 6.15. The molecule has 2 unspecified atom stereocenters. The third kappa shape index (κ3) is 3.86. The fourth-order valence-electron chi connectivity index (χ4n) is 3.83. The number of fused-ring (bicyclic) bond motifs is 2. The number of piperidine rings is 1. The van der Waals surface area contributed by atoms with E-state index in [2.05, 4.69) is 16.7 Å². The molecule has 6 heteroatoms. The standard InChI is InChI=1S/C17H20F3NO2/c1-21-13-4-5-14(21)10-12(9-13)16(22)8-11-2-6-15(7-3-11)23-17(18,19)20/h2-3,6-7,12-14H,4-5,8-10H2,1H3. The zero-order chi connectivity index (χ0) is 16.6. The summed E-state index contributed by atoms with van der Waals surface area (Å²) in [6.07, 6.45) is -0.282. The molecule has 1 aromatic carbocycles. The van der Waals surface area contributed by atoms with E-state index >= 15 is 0 Å². The van der Waals surface area contributed by atoms with Crippen LogP contribution in [0.3, 0.4) is 0 Å². The average molecular weight is 327 g/mol. The SMILES string of the molecule is CN1C2CCC1CC(C(=O)Cc1ccc(OC(F)(F)F)cc1)C2. The molecule has 0 aliphatic carbocycles. The quantitative estimate of drug-likeness (QED) is 0.847. The van der Waals surface area contributed by atoms with Crippen molar-refractivity contribution in [1.82, 2.24) is 4.90 Å². The van der Waals surface area contributed by atoms with Gasteiger partial charge in [-0.2, -0.15) is 0 Å².